The zero-order valence-corrected chi connectivity index (χ0v) is 22.3. The molecule has 1 fully saturated rings. The van der Waals surface area contributed by atoms with Gasteiger partial charge in [0.05, 0.1) is 5.39 Å². The van der Waals surface area contributed by atoms with Crippen LogP contribution >= 0.6 is 11.3 Å². The number of aryl methyl sites for hydroxylation is 1. The highest BCUT2D eigenvalue weighted by Gasteiger charge is 2.34. The molecule has 2 atom stereocenters. The molecular formula is C26H38N4O4S. The van der Waals surface area contributed by atoms with Crippen LogP contribution in [0.1, 0.15) is 89.5 Å². The van der Waals surface area contributed by atoms with Gasteiger partial charge in [0.2, 0.25) is 11.8 Å². The summed E-state index contributed by atoms with van der Waals surface area (Å²) in [6, 6.07) is 0.158. The van der Waals surface area contributed by atoms with E-state index in [1.54, 1.807) is 17.7 Å². The maximum atomic E-state index is 12.7. The van der Waals surface area contributed by atoms with Gasteiger partial charge >= 0.3 is 6.09 Å². The lowest BCUT2D eigenvalue weighted by atomic mass is 9.90. The van der Waals surface area contributed by atoms with E-state index in [0.717, 1.165) is 55.2 Å². The highest BCUT2D eigenvalue weighted by molar-refractivity contribution is 7.19. The molecule has 2 N–H and O–H groups in total. The molecule has 2 amide bonds. The van der Waals surface area contributed by atoms with Gasteiger partial charge in [-0.3, -0.25) is 4.79 Å². The van der Waals surface area contributed by atoms with Crippen LogP contribution in [0.5, 0.6) is 5.88 Å². The monoisotopic (exact) mass is 502 g/mol. The molecule has 2 aromatic rings. The number of nitrogens with two attached hydrogens (primary N) is 1. The van der Waals surface area contributed by atoms with E-state index in [1.165, 1.54) is 10.4 Å². The van der Waals surface area contributed by atoms with Crippen molar-refractivity contribution in [3.8, 4) is 5.88 Å². The van der Waals surface area contributed by atoms with Gasteiger partial charge in [-0.05, 0) is 84.1 Å². The Bertz CT molecular complexity index is 1070. The van der Waals surface area contributed by atoms with Crippen molar-refractivity contribution in [1.82, 2.24) is 14.9 Å². The second-order valence-corrected chi connectivity index (χ2v) is 12.0. The number of aromatic nitrogens is 2. The van der Waals surface area contributed by atoms with Crippen molar-refractivity contribution >= 4 is 33.6 Å². The summed E-state index contributed by atoms with van der Waals surface area (Å²) >= 11 is 1.71. The smallest absolute Gasteiger partial charge is 0.410 e. The standard InChI is InChI=1S/C26H38N4O4S/c1-6-30(25(32)34-26(3,4)5)17-8-10-18(11-9-17)33-23-21-20-16(13-15(2)22(27)31)7-12-19(20)35-24(21)29-14-28-23/h14-18H,6-13H2,1-5H3,(H2,27,31)/t15-,16-,17-,18+/m1/s1. The second-order valence-electron chi connectivity index (χ2n) is 10.9. The minimum atomic E-state index is -0.503. The van der Waals surface area contributed by atoms with Gasteiger partial charge in [0.25, 0.3) is 0 Å². The van der Waals surface area contributed by atoms with E-state index in [1.807, 2.05) is 39.5 Å². The lowest BCUT2D eigenvalue weighted by Gasteiger charge is -2.37. The molecule has 8 nitrogen and oxygen atoms in total. The fraction of sp³-hybridized carbons (Fsp3) is 0.692. The van der Waals surface area contributed by atoms with Crippen molar-refractivity contribution in [2.75, 3.05) is 6.54 Å². The average molecular weight is 503 g/mol. The lowest BCUT2D eigenvalue weighted by molar-refractivity contribution is -0.121. The van der Waals surface area contributed by atoms with E-state index in [9.17, 15) is 9.59 Å². The van der Waals surface area contributed by atoms with Gasteiger partial charge in [-0.2, -0.15) is 0 Å². The number of amides is 2. The first-order valence-corrected chi connectivity index (χ1v) is 13.6. The molecule has 192 valence electrons. The number of hydrogen-bond acceptors (Lipinski definition) is 7. The fourth-order valence-corrected chi connectivity index (χ4v) is 6.63. The van der Waals surface area contributed by atoms with Gasteiger partial charge in [-0.25, -0.2) is 14.8 Å². The van der Waals surface area contributed by atoms with E-state index in [2.05, 4.69) is 9.97 Å². The fourth-order valence-electron chi connectivity index (χ4n) is 5.40. The van der Waals surface area contributed by atoms with Crippen LogP contribution in [0, 0.1) is 5.92 Å². The highest BCUT2D eigenvalue weighted by atomic mass is 32.1. The number of primary amides is 1. The number of thiophene rings is 1. The molecule has 0 radical (unpaired) electrons. The third-order valence-corrected chi connectivity index (χ3v) is 8.32. The molecule has 0 unspecified atom stereocenters. The molecule has 0 aromatic carbocycles. The Hall–Kier alpha value is -2.42. The van der Waals surface area contributed by atoms with Crippen molar-refractivity contribution in [2.24, 2.45) is 11.7 Å². The average Bonchev–Trinajstić information content (AvgIpc) is 3.34. The lowest BCUT2D eigenvalue weighted by Crippen LogP contribution is -2.45. The zero-order valence-electron chi connectivity index (χ0n) is 21.5. The van der Waals surface area contributed by atoms with Crippen molar-refractivity contribution in [2.45, 2.75) is 103 Å². The summed E-state index contributed by atoms with van der Waals surface area (Å²) in [6.45, 7) is 10.2. The quantitative estimate of drug-likeness (QED) is 0.559. The summed E-state index contributed by atoms with van der Waals surface area (Å²) in [5.74, 6) is 0.498. The summed E-state index contributed by atoms with van der Waals surface area (Å²) < 4.78 is 12.1. The van der Waals surface area contributed by atoms with Gasteiger partial charge in [-0.15, -0.1) is 11.3 Å². The van der Waals surface area contributed by atoms with Crippen LogP contribution in [0.15, 0.2) is 6.33 Å². The highest BCUT2D eigenvalue weighted by Crippen LogP contribution is 2.48. The Labute approximate surface area is 211 Å². The molecule has 9 heteroatoms. The summed E-state index contributed by atoms with van der Waals surface area (Å²) in [6.07, 6.45) is 7.57. The van der Waals surface area contributed by atoms with Gasteiger partial charge in [0.1, 0.15) is 22.9 Å². The SMILES string of the molecule is CCN(C(=O)OC(C)(C)C)[C@H]1CC[C@@H](Oc2ncnc3sc4c(c23)[C@@H](C[C@@H](C)C(N)=O)CC4)CC1. The Balaban J connectivity index is 1.46. The molecule has 4 rings (SSSR count). The molecule has 0 saturated heterocycles. The maximum absolute atomic E-state index is 12.7. The zero-order chi connectivity index (χ0) is 25.3. The van der Waals surface area contributed by atoms with Crippen molar-refractivity contribution in [3.63, 3.8) is 0 Å². The van der Waals surface area contributed by atoms with E-state index in [4.69, 9.17) is 15.2 Å². The molecule has 35 heavy (non-hydrogen) atoms. The van der Waals surface area contributed by atoms with E-state index in [-0.39, 0.29) is 36.0 Å². The van der Waals surface area contributed by atoms with Crippen LogP contribution in [0.4, 0.5) is 4.79 Å². The third-order valence-electron chi connectivity index (χ3n) is 7.15. The summed E-state index contributed by atoms with van der Waals surface area (Å²) in [4.78, 5) is 37.5. The minimum Gasteiger partial charge on any atom is -0.474 e. The Kier molecular flexibility index (Phi) is 7.54. The molecule has 0 aliphatic heterocycles. The topological polar surface area (TPSA) is 108 Å². The van der Waals surface area contributed by atoms with Crippen LogP contribution in [-0.2, 0) is 16.0 Å². The summed E-state index contributed by atoms with van der Waals surface area (Å²) in [7, 11) is 0. The van der Waals surface area contributed by atoms with Crippen molar-refractivity contribution in [3.05, 3.63) is 16.8 Å². The first-order chi connectivity index (χ1) is 16.6. The number of fused-ring (bicyclic) bond motifs is 3. The molecule has 2 aliphatic rings. The van der Waals surface area contributed by atoms with Gasteiger partial charge in [0, 0.05) is 23.4 Å². The van der Waals surface area contributed by atoms with Crippen LogP contribution in [0.25, 0.3) is 10.2 Å². The van der Waals surface area contributed by atoms with Gasteiger partial charge in [0.15, 0.2) is 0 Å². The number of hydrogen-bond donors (Lipinski definition) is 1. The predicted octanol–water partition coefficient (Wildman–Crippen LogP) is 5.18. The predicted molar refractivity (Wildman–Crippen MR) is 137 cm³/mol. The Morgan fingerprint density at radius 1 is 1.20 bits per heavy atom. The van der Waals surface area contributed by atoms with Gasteiger partial charge in [-0.1, -0.05) is 6.92 Å². The molecular weight excluding hydrogens is 464 g/mol. The number of carbonyl (C=O) groups excluding carboxylic acids is 2. The van der Waals surface area contributed by atoms with Crippen LogP contribution in [0.2, 0.25) is 0 Å². The molecule has 2 heterocycles. The second kappa shape index (κ2) is 10.3. The maximum Gasteiger partial charge on any atom is 0.410 e. The largest absolute Gasteiger partial charge is 0.474 e. The van der Waals surface area contributed by atoms with Gasteiger partial charge < -0.3 is 20.1 Å². The van der Waals surface area contributed by atoms with E-state index in [0.29, 0.717) is 12.4 Å². The Morgan fingerprint density at radius 2 is 1.91 bits per heavy atom. The number of rotatable bonds is 7. The summed E-state index contributed by atoms with van der Waals surface area (Å²) in [5.41, 5.74) is 6.30. The summed E-state index contributed by atoms with van der Waals surface area (Å²) in [5, 5.41) is 1.01. The molecule has 1 saturated carbocycles. The van der Waals surface area contributed by atoms with E-state index < -0.39 is 5.60 Å². The minimum absolute atomic E-state index is 0.0432. The van der Waals surface area contributed by atoms with Crippen LogP contribution < -0.4 is 10.5 Å². The normalized spacial score (nSPS) is 23.1. The number of ether oxygens (including phenoxy) is 2. The molecule has 2 aliphatic carbocycles. The van der Waals surface area contributed by atoms with Crippen LogP contribution in [0.3, 0.4) is 0 Å². The van der Waals surface area contributed by atoms with E-state index >= 15 is 0 Å². The molecule has 2 aromatic heterocycles. The first-order valence-electron chi connectivity index (χ1n) is 12.8. The first kappa shape index (κ1) is 25.7. The molecule has 0 spiro atoms. The van der Waals surface area contributed by atoms with Crippen molar-refractivity contribution < 1.29 is 19.1 Å². The number of carbonyl (C=O) groups is 2. The molecule has 0 bridgehead atoms. The third kappa shape index (κ3) is 5.71. The Morgan fingerprint density at radius 3 is 2.54 bits per heavy atom. The van der Waals surface area contributed by atoms with Crippen LogP contribution in [-0.4, -0.2) is 51.2 Å². The number of nitrogens with zero attached hydrogens (tertiary/aromatic N) is 3. The van der Waals surface area contributed by atoms with Crippen molar-refractivity contribution in [1.29, 1.82) is 0 Å².